The molecule has 0 spiro atoms. The van der Waals surface area contributed by atoms with Crippen molar-refractivity contribution in [3.8, 4) is 6.07 Å². The summed E-state index contributed by atoms with van der Waals surface area (Å²) >= 11 is 0. The van der Waals surface area contributed by atoms with Gasteiger partial charge in [-0.25, -0.2) is 0 Å². The van der Waals surface area contributed by atoms with Crippen LogP contribution in [-0.2, 0) is 11.6 Å². The molecule has 0 amide bonds. The Morgan fingerprint density at radius 2 is 1.88 bits per heavy atom. The van der Waals surface area contributed by atoms with Crippen molar-refractivity contribution in [3.05, 3.63) is 34.9 Å². The Balaban J connectivity index is 2.50. The molecule has 1 nitrogen and oxygen atoms in total. The highest BCUT2D eigenvalue weighted by Crippen LogP contribution is 2.48. The monoisotopic (exact) mass is 225 g/mol. The lowest BCUT2D eigenvalue weighted by atomic mass is 9.94. The van der Waals surface area contributed by atoms with E-state index in [1.165, 1.54) is 0 Å². The summed E-state index contributed by atoms with van der Waals surface area (Å²) in [4.78, 5) is 0. The molecule has 0 heterocycles. The number of benzene rings is 1. The molecule has 84 valence electrons. The number of halogens is 3. The Labute approximate surface area is 91.5 Å². The van der Waals surface area contributed by atoms with Gasteiger partial charge in [0, 0.05) is 0 Å². The second-order valence-corrected chi connectivity index (χ2v) is 4.28. The Morgan fingerprint density at radius 3 is 2.31 bits per heavy atom. The van der Waals surface area contributed by atoms with Crippen molar-refractivity contribution in [2.75, 3.05) is 0 Å². The largest absolute Gasteiger partial charge is 0.416 e. The lowest BCUT2D eigenvalue weighted by Crippen LogP contribution is -2.10. The molecule has 1 fully saturated rings. The van der Waals surface area contributed by atoms with E-state index < -0.39 is 17.2 Å². The van der Waals surface area contributed by atoms with Gasteiger partial charge in [0.1, 0.15) is 0 Å². The van der Waals surface area contributed by atoms with E-state index in [2.05, 4.69) is 6.07 Å². The Morgan fingerprint density at radius 1 is 1.25 bits per heavy atom. The number of aryl methyl sites for hydroxylation is 1. The first-order chi connectivity index (χ1) is 7.37. The molecule has 4 heteroatoms. The zero-order valence-electron chi connectivity index (χ0n) is 8.73. The van der Waals surface area contributed by atoms with Crippen LogP contribution in [-0.4, -0.2) is 0 Å². The van der Waals surface area contributed by atoms with Crippen LogP contribution in [0.2, 0.25) is 0 Å². The van der Waals surface area contributed by atoms with Gasteiger partial charge in [0.2, 0.25) is 0 Å². The molecule has 1 aliphatic carbocycles. The smallest absolute Gasteiger partial charge is 0.197 e. The van der Waals surface area contributed by atoms with Crippen molar-refractivity contribution in [2.45, 2.75) is 31.4 Å². The van der Waals surface area contributed by atoms with Gasteiger partial charge in [0.15, 0.2) is 0 Å². The topological polar surface area (TPSA) is 23.8 Å². The Hall–Kier alpha value is -1.50. The SMILES string of the molecule is Cc1cc(C(F)(F)F)cc(C2(C#N)CC2)c1. The molecular formula is C12H10F3N. The van der Waals surface area contributed by atoms with Crippen LogP contribution in [0.3, 0.4) is 0 Å². The van der Waals surface area contributed by atoms with Gasteiger partial charge in [0.05, 0.1) is 17.0 Å². The summed E-state index contributed by atoms with van der Waals surface area (Å²) in [5.41, 5.74) is -0.274. The average molecular weight is 225 g/mol. The van der Waals surface area contributed by atoms with E-state index in [-0.39, 0.29) is 0 Å². The Bertz CT molecular complexity index is 464. The number of alkyl halides is 3. The fourth-order valence-electron chi connectivity index (χ4n) is 1.81. The zero-order chi connectivity index (χ0) is 12.0. The van der Waals surface area contributed by atoms with Crippen LogP contribution in [0, 0.1) is 18.3 Å². The molecule has 0 radical (unpaired) electrons. The predicted octanol–water partition coefficient (Wildman–Crippen LogP) is 3.57. The minimum Gasteiger partial charge on any atom is -0.197 e. The summed E-state index contributed by atoms with van der Waals surface area (Å²) in [5.74, 6) is 0. The lowest BCUT2D eigenvalue weighted by molar-refractivity contribution is -0.137. The van der Waals surface area contributed by atoms with Crippen LogP contribution in [0.1, 0.15) is 29.5 Å². The summed E-state index contributed by atoms with van der Waals surface area (Å²) in [5, 5.41) is 8.96. The van der Waals surface area contributed by atoms with E-state index in [9.17, 15) is 13.2 Å². The van der Waals surface area contributed by atoms with Gasteiger partial charge < -0.3 is 0 Å². The number of nitrogens with zero attached hydrogens (tertiary/aromatic N) is 1. The Kier molecular flexibility index (Phi) is 2.23. The summed E-state index contributed by atoms with van der Waals surface area (Å²) in [6, 6.07) is 5.99. The highest BCUT2D eigenvalue weighted by atomic mass is 19.4. The highest BCUT2D eigenvalue weighted by molar-refractivity contribution is 5.43. The minimum absolute atomic E-state index is 0.502. The van der Waals surface area contributed by atoms with Crippen LogP contribution < -0.4 is 0 Å². The summed E-state index contributed by atoms with van der Waals surface area (Å²) in [7, 11) is 0. The van der Waals surface area contributed by atoms with Gasteiger partial charge in [-0.3, -0.25) is 0 Å². The summed E-state index contributed by atoms with van der Waals surface area (Å²) in [6.07, 6.45) is -3.03. The molecule has 2 rings (SSSR count). The van der Waals surface area contributed by atoms with Crippen LogP contribution in [0.4, 0.5) is 13.2 Å². The summed E-state index contributed by atoms with van der Waals surface area (Å²) in [6.45, 7) is 1.62. The first-order valence-electron chi connectivity index (χ1n) is 4.98. The zero-order valence-corrected chi connectivity index (χ0v) is 8.73. The van der Waals surface area contributed by atoms with Crippen molar-refractivity contribution >= 4 is 0 Å². The third kappa shape index (κ3) is 1.78. The fraction of sp³-hybridized carbons (Fsp3) is 0.417. The second kappa shape index (κ2) is 3.24. The summed E-state index contributed by atoms with van der Waals surface area (Å²) < 4.78 is 37.7. The van der Waals surface area contributed by atoms with Crippen LogP contribution in [0.25, 0.3) is 0 Å². The molecule has 0 unspecified atom stereocenters. The maximum atomic E-state index is 12.6. The lowest BCUT2D eigenvalue weighted by Gasteiger charge is -2.12. The molecule has 0 saturated heterocycles. The molecule has 0 aliphatic heterocycles. The number of rotatable bonds is 1. The van der Waals surface area contributed by atoms with Gasteiger partial charge >= 0.3 is 6.18 Å². The molecule has 0 atom stereocenters. The maximum absolute atomic E-state index is 12.6. The number of hydrogen-bond donors (Lipinski definition) is 0. The van der Waals surface area contributed by atoms with Crippen molar-refractivity contribution in [1.29, 1.82) is 5.26 Å². The van der Waals surface area contributed by atoms with Gasteiger partial charge in [-0.15, -0.1) is 0 Å². The van der Waals surface area contributed by atoms with Crippen molar-refractivity contribution in [3.63, 3.8) is 0 Å². The van der Waals surface area contributed by atoms with Crippen LogP contribution >= 0.6 is 0 Å². The molecule has 0 aromatic heterocycles. The van der Waals surface area contributed by atoms with E-state index in [0.717, 1.165) is 12.1 Å². The quantitative estimate of drug-likeness (QED) is 0.716. The predicted molar refractivity (Wildman–Crippen MR) is 52.7 cm³/mol. The first kappa shape index (κ1) is 11.0. The average Bonchev–Trinajstić information content (AvgIpc) is 2.96. The molecule has 1 aromatic rings. The molecule has 0 N–H and O–H groups in total. The normalized spacial score (nSPS) is 17.9. The third-order valence-corrected chi connectivity index (χ3v) is 2.92. The molecule has 1 aliphatic rings. The molecule has 1 saturated carbocycles. The standard InChI is InChI=1S/C12H10F3N/c1-8-4-9(11(7-16)2-3-11)6-10(5-8)12(13,14)15/h4-6H,2-3H2,1H3. The second-order valence-electron chi connectivity index (χ2n) is 4.28. The van der Waals surface area contributed by atoms with E-state index in [4.69, 9.17) is 5.26 Å². The minimum atomic E-state index is -4.34. The molecule has 0 bridgehead atoms. The van der Waals surface area contributed by atoms with Crippen molar-refractivity contribution in [2.24, 2.45) is 0 Å². The van der Waals surface area contributed by atoms with Gasteiger partial charge in [-0.2, -0.15) is 18.4 Å². The van der Waals surface area contributed by atoms with Crippen LogP contribution in [0.5, 0.6) is 0 Å². The highest BCUT2D eigenvalue weighted by Gasteiger charge is 2.46. The van der Waals surface area contributed by atoms with E-state index in [1.54, 1.807) is 13.0 Å². The number of nitriles is 1. The van der Waals surface area contributed by atoms with Gasteiger partial charge in [-0.05, 0) is 37.5 Å². The first-order valence-corrected chi connectivity index (χ1v) is 4.98. The van der Waals surface area contributed by atoms with Crippen LogP contribution in [0.15, 0.2) is 18.2 Å². The van der Waals surface area contributed by atoms with E-state index >= 15 is 0 Å². The maximum Gasteiger partial charge on any atom is 0.416 e. The van der Waals surface area contributed by atoms with E-state index in [1.807, 2.05) is 0 Å². The van der Waals surface area contributed by atoms with Crippen molar-refractivity contribution < 1.29 is 13.2 Å². The molecule has 1 aromatic carbocycles. The fourth-order valence-corrected chi connectivity index (χ4v) is 1.81. The molecular weight excluding hydrogens is 215 g/mol. The van der Waals surface area contributed by atoms with Gasteiger partial charge in [0.25, 0.3) is 0 Å². The van der Waals surface area contributed by atoms with Crippen molar-refractivity contribution in [1.82, 2.24) is 0 Å². The number of hydrogen-bond acceptors (Lipinski definition) is 1. The molecule has 16 heavy (non-hydrogen) atoms. The third-order valence-electron chi connectivity index (χ3n) is 2.92. The van der Waals surface area contributed by atoms with E-state index in [0.29, 0.717) is 24.0 Å². The van der Waals surface area contributed by atoms with Gasteiger partial charge in [-0.1, -0.05) is 11.6 Å².